The Labute approximate surface area is 161 Å². The van der Waals surface area contributed by atoms with E-state index in [0.717, 1.165) is 16.5 Å². The normalized spacial score (nSPS) is 11.3. The molecule has 0 bridgehead atoms. The van der Waals surface area contributed by atoms with Gasteiger partial charge in [-0.2, -0.15) is 5.26 Å². The van der Waals surface area contributed by atoms with Crippen LogP contribution >= 0.6 is 23.2 Å². The molecular formula is C20H15Cl2N3O. The lowest BCUT2D eigenvalue weighted by molar-refractivity contribution is -0.117. The first kappa shape index (κ1) is 18.1. The maximum Gasteiger partial charge on any atom is 0.261 e. The molecule has 0 atom stereocenters. The Balaban J connectivity index is 1.68. The Hall–Kier alpha value is -2.74. The number of nitriles is 1. The SMILES string of the molecule is N#CC(=Cc1c(Cl)cccc1Cl)C(=O)NCCc1c[nH]c2ccccc12. The fourth-order valence-corrected chi connectivity index (χ4v) is 3.19. The van der Waals surface area contributed by atoms with Crippen molar-refractivity contribution < 1.29 is 4.79 Å². The number of para-hydroxylation sites is 1. The van der Waals surface area contributed by atoms with Crippen molar-refractivity contribution in [1.82, 2.24) is 10.3 Å². The van der Waals surface area contributed by atoms with Gasteiger partial charge in [-0.25, -0.2) is 0 Å². The van der Waals surface area contributed by atoms with Crippen molar-refractivity contribution >= 4 is 46.1 Å². The molecule has 0 saturated heterocycles. The molecule has 1 heterocycles. The highest BCUT2D eigenvalue weighted by atomic mass is 35.5. The molecule has 3 rings (SSSR count). The Morgan fingerprint density at radius 1 is 1.15 bits per heavy atom. The summed E-state index contributed by atoms with van der Waals surface area (Å²) in [6.07, 6.45) is 3.99. The minimum absolute atomic E-state index is 0.0427. The number of nitrogens with zero attached hydrogens (tertiary/aromatic N) is 1. The van der Waals surface area contributed by atoms with E-state index in [-0.39, 0.29) is 5.57 Å². The Kier molecular flexibility index (Phi) is 5.62. The van der Waals surface area contributed by atoms with E-state index in [0.29, 0.717) is 28.6 Å². The molecular weight excluding hydrogens is 369 g/mol. The molecule has 2 N–H and O–H groups in total. The molecule has 0 aliphatic heterocycles. The molecule has 0 fully saturated rings. The van der Waals surface area contributed by atoms with Crippen molar-refractivity contribution in [3.63, 3.8) is 0 Å². The molecule has 0 aliphatic rings. The minimum Gasteiger partial charge on any atom is -0.361 e. The van der Waals surface area contributed by atoms with Gasteiger partial charge in [-0.1, -0.05) is 47.5 Å². The summed E-state index contributed by atoms with van der Waals surface area (Å²) in [7, 11) is 0. The summed E-state index contributed by atoms with van der Waals surface area (Å²) in [5, 5.41) is 14.0. The second kappa shape index (κ2) is 8.09. The highest BCUT2D eigenvalue weighted by Gasteiger charge is 2.12. The Morgan fingerprint density at radius 2 is 1.88 bits per heavy atom. The molecule has 130 valence electrons. The topological polar surface area (TPSA) is 68.7 Å². The van der Waals surface area contributed by atoms with E-state index in [1.54, 1.807) is 18.2 Å². The minimum atomic E-state index is -0.455. The second-order valence-corrected chi connectivity index (χ2v) is 6.48. The van der Waals surface area contributed by atoms with Gasteiger partial charge in [-0.15, -0.1) is 0 Å². The Morgan fingerprint density at radius 3 is 2.62 bits per heavy atom. The molecule has 0 saturated carbocycles. The van der Waals surface area contributed by atoms with Crippen LogP contribution in [0.25, 0.3) is 17.0 Å². The zero-order valence-corrected chi connectivity index (χ0v) is 15.2. The summed E-state index contributed by atoms with van der Waals surface area (Å²) in [5.41, 5.74) is 2.58. The third kappa shape index (κ3) is 3.91. The monoisotopic (exact) mass is 383 g/mol. The predicted octanol–water partition coefficient (Wildman–Crippen LogP) is 4.74. The van der Waals surface area contributed by atoms with Crippen LogP contribution in [-0.4, -0.2) is 17.4 Å². The number of carbonyl (C=O) groups is 1. The van der Waals surface area contributed by atoms with Gasteiger partial charge in [0.15, 0.2) is 0 Å². The number of carbonyl (C=O) groups excluding carboxylic acids is 1. The van der Waals surface area contributed by atoms with Crippen LogP contribution in [0.2, 0.25) is 10.0 Å². The van der Waals surface area contributed by atoms with E-state index in [2.05, 4.69) is 10.3 Å². The van der Waals surface area contributed by atoms with Gasteiger partial charge in [0.05, 0.1) is 0 Å². The first-order valence-electron chi connectivity index (χ1n) is 7.99. The van der Waals surface area contributed by atoms with Crippen molar-refractivity contribution in [1.29, 1.82) is 5.26 Å². The fourth-order valence-electron chi connectivity index (χ4n) is 2.69. The molecule has 6 heteroatoms. The lowest BCUT2D eigenvalue weighted by atomic mass is 10.1. The standard InChI is InChI=1S/C20H15Cl2N3O/c21-17-5-3-6-18(22)16(17)10-14(11-23)20(26)24-9-8-13-12-25-19-7-2-1-4-15(13)19/h1-7,10,12,25H,8-9H2,(H,24,26). The van der Waals surface area contributed by atoms with Crippen LogP contribution in [-0.2, 0) is 11.2 Å². The molecule has 0 radical (unpaired) electrons. The summed E-state index contributed by atoms with van der Waals surface area (Å²) >= 11 is 12.2. The van der Waals surface area contributed by atoms with Gasteiger partial charge in [0.1, 0.15) is 11.6 Å². The summed E-state index contributed by atoms with van der Waals surface area (Å²) < 4.78 is 0. The first-order chi connectivity index (χ1) is 12.6. The number of hydrogen-bond acceptors (Lipinski definition) is 2. The second-order valence-electron chi connectivity index (χ2n) is 5.67. The molecule has 1 aromatic heterocycles. The summed E-state index contributed by atoms with van der Waals surface area (Å²) in [4.78, 5) is 15.5. The van der Waals surface area contributed by atoms with Gasteiger partial charge in [0.2, 0.25) is 0 Å². The molecule has 2 aromatic carbocycles. The number of amides is 1. The largest absolute Gasteiger partial charge is 0.361 e. The summed E-state index contributed by atoms with van der Waals surface area (Å²) in [5.74, 6) is -0.455. The number of aromatic nitrogens is 1. The summed E-state index contributed by atoms with van der Waals surface area (Å²) in [6.45, 7) is 0.413. The van der Waals surface area contributed by atoms with E-state index in [1.165, 1.54) is 6.08 Å². The van der Waals surface area contributed by atoms with E-state index >= 15 is 0 Å². The van der Waals surface area contributed by atoms with Crippen LogP contribution in [0.4, 0.5) is 0 Å². The number of hydrogen-bond donors (Lipinski definition) is 2. The van der Waals surface area contributed by atoms with Crippen LogP contribution in [0, 0.1) is 11.3 Å². The van der Waals surface area contributed by atoms with Crippen LogP contribution in [0.1, 0.15) is 11.1 Å². The average molecular weight is 384 g/mol. The number of halogens is 2. The maximum absolute atomic E-state index is 12.3. The van der Waals surface area contributed by atoms with E-state index in [9.17, 15) is 10.1 Å². The van der Waals surface area contributed by atoms with Gasteiger partial charge in [-0.3, -0.25) is 4.79 Å². The van der Waals surface area contributed by atoms with Crippen molar-refractivity contribution in [3.8, 4) is 6.07 Å². The van der Waals surface area contributed by atoms with Crippen LogP contribution in [0.5, 0.6) is 0 Å². The first-order valence-corrected chi connectivity index (χ1v) is 8.74. The Bertz CT molecular complexity index is 1010. The van der Waals surface area contributed by atoms with E-state index in [1.807, 2.05) is 36.5 Å². The molecule has 26 heavy (non-hydrogen) atoms. The van der Waals surface area contributed by atoms with Gasteiger partial charge >= 0.3 is 0 Å². The number of rotatable bonds is 5. The van der Waals surface area contributed by atoms with Crippen LogP contribution in [0.15, 0.2) is 54.2 Å². The molecule has 1 amide bonds. The maximum atomic E-state index is 12.3. The van der Waals surface area contributed by atoms with Crippen molar-refractivity contribution in [2.24, 2.45) is 0 Å². The lowest BCUT2D eigenvalue weighted by Gasteiger charge is -2.05. The van der Waals surface area contributed by atoms with Crippen LogP contribution < -0.4 is 5.32 Å². The zero-order valence-electron chi connectivity index (χ0n) is 13.7. The number of nitrogens with one attached hydrogen (secondary N) is 2. The zero-order chi connectivity index (χ0) is 18.5. The summed E-state index contributed by atoms with van der Waals surface area (Å²) in [6, 6.07) is 14.9. The molecule has 0 spiro atoms. The average Bonchev–Trinajstić information content (AvgIpc) is 3.05. The van der Waals surface area contributed by atoms with Crippen molar-refractivity contribution in [2.45, 2.75) is 6.42 Å². The van der Waals surface area contributed by atoms with Crippen LogP contribution in [0.3, 0.4) is 0 Å². The van der Waals surface area contributed by atoms with Gasteiger partial charge < -0.3 is 10.3 Å². The molecule has 4 nitrogen and oxygen atoms in total. The molecule has 3 aromatic rings. The number of aromatic amines is 1. The number of fused-ring (bicyclic) bond motifs is 1. The fraction of sp³-hybridized carbons (Fsp3) is 0.100. The highest BCUT2D eigenvalue weighted by Crippen LogP contribution is 2.26. The van der Waals surface area contributed by atoms with Crippen molar-refractivity contribution in [2.75, 3.05) is 6.54 Å². The third-order valence-corrected chi connectivity index (χ3v) is 4.67. The molecule has 0 aliphatic carbocycles. The smallest absolute Gasteiger partial charge is 0.261 e. The molecule has 0 unspecified atom stereocenters. The van der Waals surface area contributed by atoms with E-state index in [4.69, 9.17) is 23.2 Å². The highest BCUT2D eigenvalue weighted by molar-refractivity contribution is 6.37. The van der Waals surface area contributed by atoms with Gasteiger partial charge in [-0.05, 0) is 36.3 Å². The number of benzene rings is 2. The van der Waals surface area contributed by atoms with Gasteiger partial charge in [0, 0.05) is 39.3 Å². The van der Waals surface area contributed by atoms with Crippen molar-refractivity contribution in [3.05, 3.63) is 75.4 Å². The predicted molar refractivity (Wildman–Crippen MR) is 105 cm³/mol. The quantitative estimate of drug-likeness (QED) is 0.493. The number of H-pyrrole nitrogens is 1. The third-order valence-electron chi connectivity index (χ3n) is 4.01. The van der Waals surface area contributed by atoms with E-state index < -0.39 is 5.91 Å². The van der Waals surface area contributed by atoms with Gasteiger partial charge in [0.25, 0.3) is 5.91 Å². The lowest BCUT2D eigenvalue weighted by Crippen LogP contribution is -2.26.